The molecule has 2 heterocycles. The molecule has 3 aromatic rings. The predicted molar refractivity (Wildman–Crippen MR) is 93.7 cm³/mol. The highest BCUT2D eigenvalue weighted by molar-refractivity contribution is 5.83. The number of carbonyl (C=O) groups is 1. The number of benzene rings is 2. The lowest BCUT2D eigenvalue weighted by molar-refractivity contribution is -0.122. The number of carbonyl (C=O) groups excluding carboxylic acids is 1. The summed E-state index contributed by atoms with van der Waals surface area (Å²) in [6.07, 6.45) is 3.72. The van der Waals surface area contributed by atoms with Crippen LogP contribution in [0.2, 0.25) is 0 Å². The van der Waals surface area contributed by atoms with Crippen LogP contribution >= 0.6 is 0 Å². The van der Waals surface area contributed by atoms with E-state index in [-0.39, 0.29) is 17.9 Å². The minimum absolute atomic E-state index is 0.0484. The van der Waals surface area contributed by atoms with Crippen molar-refractivity contribution in [3.8, 4) is 11.3 Å². The number of imidazole rings is 1. The van der Waals surface area contributed by atoms with Crippen molar-refractivity contribution in [1.29, 1.82) is 0 Å². The normalized spacial score (nSPS) is 16.3. The number of rotatable bonds is 4. The number of hydrogen-bond donors (Lipinski definition) is 1. The molecule has 0 bridgehead atoms. The minimum Gasteiger partial charge on any atom is -0.353 e. The van der Waals surface area contributed by atoms with Gasteiger partial charge in [-0.15, -0.1) is 0 Å². The van der Waals surface area contributed by atoms with E-state index < -0.39 is 0 Å². The molecule has 1 amide bonds. The number of amides is 1. The van der Waals surface area contributed by atoms with E-state index in [1.165, 1.54) is 11.1 Å². The highest BCUT2D eigenvalue weighted by Crippen LogP contribution is 2.38. The molecule has 2 atom stereocenters. The van der Waals surface area contributed by atoms with Gasteiger partial charge in [0.25, 0.3) is 0 Å². The van der Waals surface area contributed by atoms with Crippen LogP contribution in [-0.4, -0.2) is 22.0 Å². The van der Waals surface area contributed by atoms with Crippen LogP contribution < -0.4 is 5.32 Å². The van der Waals surface area contributed by atoms with Crippen LogP contribution in [0.5, 0.6) is 0 Å². The van der Waals surface area contributed by atoms with Gasteiger partial charge in [0.05, 0.1) is 30.2 Å². The quantitative estimate of drug-likeness (QED) is 0.802. The largest absolute Gasteiger partial charge is 0.353 e. The molecule has 120 valence electrons. The molecule has 0 spiro atoms. The van der Waals surface area contributed by atoms with Gasteiger partial charge < -0.3 is 9.88 Å². The summed E-state index contributed by atoms with van der Waals surface area (Å²) in [7, 11) is 0. The molecule has 0 unspecified atom stereocenters. The molecule has 1 aliphatic heterocycles. The molecule has 4 heteroatoms. The molecule has 24 heavy (non-hydrogen) atoms. The molecule has 4 nitrogen and oxygen atoms in total. The lowest BCUT2D eigenvalue weighted by Gasteiger charge is -2.18. The summed E-state index contributed by atoms with van der Waals surface area (Å²) in [5, 5.41) is 3.11. The molecule has 1 aromatic heterocycles. The second-order valence-electron chi connectivity index (χ2n) is 6.17. The molecule has 0 radical (unpaired) electrons. The van der Waals surface area contributed by atoms with E-state index in [0.717, 1.165) is 11.3 Å². The molecule has 4 rings (SSSR count). The van der Waals surface area contributed by atoms with Gasteiger partial charge in [-0.05, 0) is 18.1 Å². The third-order valence-corrected chi connectivity index (χ3v) is 4.76. The molecule has 1 N–H and O–H groups in total. The van der Waals surface area contributed by atoms with Gasteiger partial charge in [0, 0.05) is 12.1 Å². The summed E-state index contributed by atoms with van der Waals surface area (Å²) in [4.78, 5) is 16.8. The van der Waals surface area contributed by atoms with Gasteiger partial charge in [-0.1, -0.05) is 54.6 Å². The van der Waals surface area contributed by atoms with E-state index >= 15 is 0 Å². The lowest BCUT2D eigenvalue weighted by Crippen LogP contribution is -2.33. The summed E-state index contributed by atoms with van der Waals surface area (Å²) >= 11 is 0. The van der Waals surface area contributed by atoms with Gasteiger partial charge in [-0.25, -0.2) is 4.98 Å². The van der Waals surface area contributed by atoms with Gasteiger partial charge in [-0.2, -0.15) is 0 Å². The maximum Gasteiger partial charge on any atom is 0.227 e. The van der Waals surface area contributed by atoms with Gasteiger partial charge >= 0.3 is 0 Å². The zero-order valence-electron chi connectivity index (χ0n) is 13.5. The zero-order chi connectivity index (χ0) is 16.5. The SMILES string of the molecule is C[C@@H](C(=O)NC[C@H]1c2ccccc2-c2cncn21)c1ccccc1. The maximum absolute atomic E-state index is 12.5. The van der Waals surface area contributed by atoms with Crippen LogP contribution in [-0.2, 0) is 4.79 Å². The van der Waals surface area contributed by atoms with Crippen molar-refractivity contribution >= 4 is 5.91 Å². The Morgan fingerprint density at radius 3 is 2.75 bits per heavy atom. The molecule has 1 aliphatic rings. The Morgan fingerprint density at radius 1 is 1.17 bits per heavy atom. The fourth-order valence-electron chi connectivity index (χ4n) is 3.38. The Balaban J connectivity index is 1.52. The third-order valence-electron chi connectivity index (χ3n) is 4.76. The van der Waals surface area contributed by atoms with E-state index in [0.29, 0.717) is 6.54 Å². The van der Waals surface area contributed by atoms with Gasteiger partial charge in [0.2, 0.25) is 5.91 Å². The molecular formula is C20H19N3O. The standard InChI is InChI=1S/C20H19N3O/c1-14(15-7-3-2-4-8-15)20(24)22-12-19-17-10-6-5-9-16(17)18-11-21-13-23(18)19/h2-11,13-14,19H,12H2,1H3,(H,22,24)/t14-,19+/m1/s1. The molecule has 0 saturated carbocycles. The van der Waals surface area contributed by atoms with Crippen LogP contribution in [0.1, 0.15) is 30.0 Å². The minimum atomic E-state index is -0.162. The maximum atomic E-state index is 12.5. The van der Waals surface area contributed by atoms with Gasteiger partial charge in [0.1, 0.15) is 0 Å². The summed E-state index contributed by atoms with van der Waals surface area (Å²) in [5.41, 5.74) is 4.58. The lowest BCUT2D eigenvalue weighted by atomic mass is 10.00. The number of hydrogen-bond acceptors (Lipinski definition) is 2. The van der Waals surface area contributed by atoms with E-state index in [1.807, 2.05) is 61.9 Å². The second-order valence-corrected chi connectivity index (χ2v) is 6.17. The Kier molecular flexibility index (Phi) is 3.65. The first-order valence-corrected chi connectivity index (χ1v) is 8.19. The predicted octanol–water partition coefficient (Wildman–Crippen LogP) is 3.37. The van der Waals surface area contributed by atoms with Crippen molar-refractivity contribution in [1.82, 2.24) is 14.9 Å². The summed E-state index contributed by atoms with van der Waals surface area (Å²) in [5.74, 6) is -0.114. The smallest absolute Gasteiger partial charge is 0.227 e. The molecule has 2 aromatic carbocycles. The Hall–Kier alpha value is -2.88. The summed E-state index contributed by atoms with van der Waals surface area (Å²) < 4.78 is 2.14. The highest BCUT2D eigenvalue weighted by atomic mass is 16.1. The topological polar surface area (TPSA) is 46.9 Å². The highest BCUT2D eigenvalue weighted by Gasteiger charge is 2.28. The molecule has 0 fully saturated rings. The van der Waals surface area contributed by atoms with Crippen LogP contribution in [0.3, 0.4) is 0 Å². The van der Waals surface area contributed by atoms with Crippen molar-refractivity contribution in [2.75, 3.05) is 6.54 Å². The monoisotopic (exact) mass is 317 g/mol. The Morgan fingerprint density at radius 2 is 1.92 bits per heavy atom. The van der Waals surface area contributed by atoms with E-state index in [1.54, 1.807) is 0 Å². The first kappa shape index (κ1) is 14.7. The van der Waals surface area contributed by atoms with E-state index in [2.05, 4.69) is 27.0 Å². The van der Waals surface area contributed by atoms with E-state index in [9.17, 15) is 4.79 Å². The fourth-order valence-corrected chi connectivity index (χ4v) is 3.38. The zero-order valence-corrected chi connectivity index (χ0v) is 13.5. The molecule has 0 saturated heterocycles. The average molecular weight is 317 g/mol. The Labute approximate surface area is 141 Å². The van der Waals surface area contributed by atoms with Crippen molar-refractivity contribution in [2.24, 2.45) is 0 Å². The summed E-state index contributed by atoms with van der Waals surface area (Å²) in [6, 6.07) is 18.3. The summed E-state index contributed by atoms with van der Waals surface area (Å²) in [6.45, 7) is 2.51. The van der Waals surface area contributed by atoms with Gasteiger partial charge in [0.15, 0.2) is 0 Å². The number of nitrogens with zero attached hydrogens (tertiary/aromatic N) is 2. The van der Waals surface area contributed by atoms with Crippen molar-refractivity contribution in [3.05, 3.63) is 78.2 Å². The van der Waals surface area contributed by atoms with E-state index in [4.69, 9.17) is 0 Å². The van der Waals surface area contributed by atoms with Crippen LogP contribution in [0, 0.1) is 0 Å². The fraction of sp³-hybridized carbons (Fsp3) is 0.200. The molecular weight excluding hydrogens is 298 g/mol. The number of fused-ring (bicyclic) bond motifs is 3. The van der Waals surface area contributed by atoms with Crippen molar-refractivity contribution in [2.45, 2.75) is 18.9 Å². The van der Waals surface area contributed by atoms with Crippen molar-refractivity contribution < 1.29 is 4.79 Å². The third kappa shape index (κ3) is 2.40. The van der Waals surface area contributed by atoms with Crippen LogP contribution in [0.4, 0.5) is 0 Å². The second kappa shape index (κ2) is 5.96. The average Bonchev–Trinajstić information content (AvgIpc) is 3.21. The van der Waals surface area contributed by atoms with Gasteiger partial charge in [-0.3, -0.25) is 4.79 Å². The first-order chi connectivity index (χ1) is 11.8. The Bertz CT molecular complexity index is 869. The van der Waals surface area contributed by atoms with Crippen LogP contribution in [0.25, 0.3) is 11.3 Å². The first-order valence-electron chi connectivity index (χ1n) is 8.19. The molecule has 0 aliphatic carbocycles. The van der Waals surface area contributed by atoms with Crippen molar-refractivity contribution in [3.63, 3.8) is 0 Å². The number of nitrogens with one attached hydrogen (secondary N) is 1. The number of aromatic nitrogens is 2. The van der Waals surface area contributed by atoms with Crippen LogP contribution in [0.15, 0.2) is 67.1 Å².